The van der Waals surface area contributed by atoms with Gasteiger partial charge in [0.25, 0.3) is 11.8 Å². The molecule has 7 heteroatoms. The van der Waals surface area contributed by atoms with E-state index in [0.29, 0.717) is 22.2 Å². The van der Waals surface area contributed by atoms with Gasteiger partial charge in [-0.15, -0.1) is 0 Å². The van der Waals surface area contributed by atoms with Crippen LogP contribution in [0.2, 0.25) is 5.02 Å². The van der Waals surface area contributed by atoms with Gasteiger partial charge in [0.05, 0.1) is 5.69 Å². The van der Waals surface area contributed by atoms with Crippen molar-refractivity contribution in [3.63, 3.8) is 0 Å². The fourth-order valence-corrected chi connectivity index (χ4v) is 2.28. The monoisotopic (exact) mass is 330 g/mol. The molecule has 2 heterocycles. The predicted octanol–water partition coefficient (Wildman–Crippen LogP) is 2.91. The van der Waals surface area contributed by atoms with Crippen molar-refractivity contribution in [2.45, 2.75) is 6.92 Å². The lowest BCUT2D eigenvalue weighted by atomic mass is 10.1. The zero-order chi connectivity index (χ0) is 16.6. The quantitative estimate of drug-likeness (QED) is 0.678. The van der Waals surface area contributed by atoms with Crippen molar-refractivity contribution >= 4 is 41.2 Å². The number of carbonyl (C=O) groups is 3. The molecule has 6 nitrogen and oxygen atoms in total. The first-order chi connectivity index (χ1) is 11.0. The number of nitrogens with one attached hydrogen (secondary N) is 1. The Bertz CT molecular complexity index is 836. The largest absolute Gasteiger partial charge is 0.462 e. The first-order valence-electron chi connectivity index (χ1n) is 6.69. The van der Waals surface area contributed by atoms with Gasteiger partial charge in [0.1, 0.15) is 17.1 Å². The lowest BCUT2D eigenvalue weighted by molar-refractivity contribution is -0.122. The number of barbiturate groups is 1. The van der Waals surface area contributed by atoms with Crippen LogP contribution in [-0.4, -0.2) is 17.8 Å². The number of anilines is 1. The number of carbonyl (C=O) groups excluding carboxylic acids is 3. The number of furan rings is 1. The van der Waals surface area contributed by atoms with E-state index in [-0.39, 0.29) is 5.57 Å². The zero-order valence-corrected chi connectivity index (χ0v) is 12.8. The maximum absolute atomic E-state index is 12.5. The second-order valence-corrected chi connectivity index (χ2v) is 5.32. The Morgan fingerprint density at radius 1 is 1.09 bits per heavy atom. The Balaban J connectivity index is 2.00. The van der Waals surface area contributed by atoms with Gasteiger partial charge in [0.15, 0.2) is 0 Å². The average Bonchev–Trinajstić information content (AvgIpc) is 2.91. The number of hydrogen-bond donors (Lipinski definition) is 1. The van der Waals surface area contributed by atoms with Gasteiger partial charge in [0.2, 0.25) is 0 Å². The van der Waals surface area contributed by atoms with E-state index in [2.05, 4.69) is 5.32 Å². The smallest absolute Gasteiger partial charge is 0.335 e. The molecule has 0 atom stereocenters. The Hall–Kier alpha value is -2.86. The summed E-state index contributed by atoms with van der Waals surface area (Å²) in [4.78, 5) is 37.4. The molecule has 4 amide bonds. The number of amides is 4. The number of aryl methyl sites for hydroxylation is 1. The van der Waals surface area contributed by atoms with Crippen molar-refractivity contribution < 1.29 is 18.8 Å². The molecule has 0 spiro atoms. The summed E-state index contributed by atoms with van der Waals surface area (Å²) in [6, 6.07) is 8.66. The Kier molecular flexibility index (Phi) is 3.75. The van der Waals surface area contributed by atoms with Crippen LogP contribution in [0.25, 0.3) is 6.08 Å². The first-order valence-corrected chi connectivity index (χ1v) is 7.07. The standard InChI is InChI=1S/C16H11ClN2O4/c1-9-2-7-12(23-9)8-13-14(20)18-16(22)19(15(13)21)11-5-3-10(17)4-6-11/h2-8H,1H3,(H,18,20,22)/b13-8-. The summed E-state index contributed by atoms with van der Waals surface area (Å²) >= 11 is 5.80. The molecule has 23 heavy (non-hydrogen) atoms. The SMILES string of the molecule is Cc1ccc(/C=C2/C(=O)NC(=O)N(c3ccc(Cl)cc3)C2=O)o1. The molecule has 1 aromatic heterocycles. The second-order valence-electron chi connectivity index (χ2n) is 4.88. The van der Waals surface area contributed by atoms with Gasteiger partial charge in [0, 0.05) is 5.02 Å². The second kappa shape index (κ2) is 5.73. The van der Waals surface area contributed by atoms with Gasteiger partial charge in [-0.25, -0.2) is 9.69 Å². The summed E-state index contributed by atoms with van der Waals surface area (Å²) < 4.78 is 5.34. The molecule has 1 fully saturated rings. The van der Waals surface area contributed by atoms with Crippen LogP contribution < -0.4 is 10.2 Å². The number of imide groups is 2. The van der Waals surface area contributed by atoms with Crippen LogP contribution in [0.1, 0.15) is 11.5 Å². The lowest BCUT2D eigenvalue weighted by Gasteiger charge is -2.26. The molecule has 1 aliphatic heterocycles. The minimum Gasteiger partial charge on any atom is -0.462 e. The van der Waals surface area contributed by atoms with E-state index in [4.69, 9.17) is 16.0 Å². The highest BCUT2D eigenvalue weighted by Gasteiger charge is 2.36. The van der Waals surface area contributed by atoms with Gasteiger partial charge in [-0.2, -0.15) is 0 Å². The minimum absolute atomic E-state index is 0.186. The third-order valence-electron chi connectivity index (χ3n) is 3.23. The van der Waals surface area contributed by atoms with E-state index in [1.165, 1.54) is 18.2 Å². The van der Waals surface area contributed by atoms with Gasteiger partial charge < -0.3 is 4.42 Å². The minimum atomic E-state index is -0.810. The highest BCUT2D eigenvalue weighted by Crippen LogP contribution is 2.23. The molecule has 1 N–H and O–H groups in total. The topological polar surface area (TPSA) is 79.6 Å². The molecule has 1 aliphatic rings. The summed E-state index contributed by atoms with van der Waals surface area (Å²) in [6.45, 7) is 1.74. The van der Waals surface area contributed by atoms with Crippen molar-refractivity contribution in [3.8, 4) is 0 Å². The Labute approximate surface area is 136 Å². The van der Waals surface area contributed by atoms with Gasteiger partial charge >= 0.3 is 6.03 Å². The summed E-state index contributed by atoms with van der Waals surface area (Å²) in [5, 5.41) is 2.60. The van der Waals surface area contributed by atoms with E-state index in [1.807, 2.05) is 0 Å². The number of nitrogens with zero attached hydrogens (tertiary/aromatic N) is 1. The molecule has 0 radical (unpaired) electrons. The number of benzene rings is 1. The highest BCUT2D eigenvalue weighted by molar-refractivity contribution is 6.39. The number of hydrogen-bond acceptors (Lipinski definition) is 4. The molecule has 0 unspecified atom stereocenters. The molecule has 0 bridgehead atoms. The Morgan fingerprint density at radius 2 is 1.78 bits per heavy atom. The van der Waals surface area contributed by atoms with Gasteiger partial charge in [-0.05, 0) is 49.4 Å². The maximum atomic E-state index is 12.5. The van der Waals surface area contributed by atoms with Crippen LogP contribution in [0.3, 0.4) is 0 Å². The highest BCUT2D eigenvalue weighted by atomic mass is 35.5. The fourth-order valence-electron chi connectivity index (χ4n) is 2.16. The van der Waals surface area contributed by atoms with E-state index >= 15 is 0 Å². The molecule has 116 valence electrons. The molecule has 2 aromatic rings. The summed E-state index contributed by atoms with van der Waals surface area (Å²) in [6.07, 6.45) is 1.31. The van der Waals surface area contributed by atoms with Gasteiger partial charge in [-0.3, -0.25) is 14.9 Å². The van der Waals surface area contributed by atoms with Crippen LogP contribution in [-0.2, 0) is 9.59 Å². The maximum Gasteiger partial charge on any atom is 0.335 e. The van der Waals surface area contributed by atoms with Crippen molar-refractivity contribution in [1.82, 2.24) is 5.32 Å². The predicted molar refractivity (Wildman–Crippen MR) is 83.9 cm³/mol. The molecular formula is C16H11ClN2O4. The van der Waals surface area contributed by atoms with Crippen molar-refractivity contribution in [2.24, 2.45) is 0 Å². The third kappa shape index (κ3) is 2.89. The van der Waals surface area contributed by atoms with Crippen molar-refractivity contribution in [1.29, 1.82) is 0 Å². The fraction of sp³-hybridized carbons (Fsp3) is 0.0625. The van der Waals surface area contributed by atoms with Crippen LogP contribution in [0.4, 0.5) is 10.5 Å². The van der Waals surface area contributed by atoms with Crippen LogP contribution in [0.5, 0.6) is 0 Å². The summed E-state index contributed by atoms with van der Waals surface area (Å²) in [7, 11) is 0. The molecular weight excluding hydrogens is 320 g/mol. The Morgan fingerprint density at radius 3 is 2.39 bits per heavy atom. The number of rotatable bonds is 2. The zero-order valence-electron chi connectivity index (χ0n) is 12.0. The molecule has 0 aliphatic carbocycles. The van der Waals surface area contributed by atoms with E-state index in [0.717, 1.165) is 4.90 Å². The molecule has 1 aromatic carbocycles. The first kappa shape index (κ1) is 15.1. The van der Waals surface area contributed by atoms with Crippen molar-refractivity contribution in [2.75, 3.05) is 4.90 Å². The van der Waals surface area contributed by atoms with Crippen LogP contribution >= 0.6 is 11.6 Å². The summed E-state index contributed by atoms with van der Waals surface area (Å²) in [5.74, 6) is -0.494. The van der Waals surface area contributed by atoms with E-state index < -0.39 is 17.8 Å². The lowest BCUT2D eigenvalue weighted by Crippen LogP contribution is -2.54. The van der Waals surface area contributed by atoms with E-state index in [1.54, 1.807) is 31.2 Å². The van der Waals surface area contributed by atoms with Crippen LogP contribution in [0.15, 0.2) is 46.4 Å². The van der Waals surface area contributed by atoms with Crippen LogP contribution in [0, 0.1) is 6.92 Å². The molecule has 0 saturated carbocycles. The molecule has 3 rings (SSSR count). The normalized spacial score (nSPS) is 16.9. The molecule has 1 saturated heterocycles. The average molecular weight is 331 g/mol. The third-order valence-corrected chi connectivity index (χ3v) is 3.49. The summed E-state index contributed by atoms with van der Waals surface area (Å²) in [5.41, 5.74) is 0.125. The van der Waals surface area contributed by atoms with Gasteiger partial charge in [-0.1, -0.05) is 11.6 Å². The number of halogens is 1. The number of urea groups is 1. The van der Waals surface area contributed by atoms with E-state index in [9.17, 15) is 14.4 Å². The van der Waals surface area contributed by atoms with Crippen molar-refractivity contribution in [3.05, 3.63) is 58.5 Å².